The minimum atomic E-state index is -0.925. The first-order chi connectivity index (χ1) is 12.2. The Labute approximate surface area is 153 Å². The Morgan fingerprint density at radius 1 is 1.12 bits per heavy atom. The van der Waals surface area contributed by atoms with E-state index in [4.69, 9.17) is 5.11 Å². The fourth-order valence-electron chi connectivity index (χ4n) is 3.73. The summed E-state index contributed by atoms with van der Waals surface area (Å²) in [5, 5.41) is 9.12. The number of amides is 2. The monoisotopic (exact) mass is 358 g/mol. The van der Waals surface area contributed by atoms with Gasteiger partial charge in [-0.05, 0) is 29.5 Å². The molecular weight excluding hydrogens is 332 g/mol. The van der Waals surface area contributed by atoms with E-state index in [9.17, 15) is 14.4 Å². The van der Waals surface area contributed by atoms with Crippen molar-refractivity contribution in [2.24, 2.45) is 5.92 Å². The normalized spacial score (nSPS) is 23.6. The van der Waals surface area contributed by atoms with E-state index >= 15 is 0 Å². The Balaban J connectivity index is 1.64. The summed E-state index contributed by atoms with van der Waals surface area (Å²) < 4.78 is 0. The Bertz CT molecular complexity index is 720. The Hall–Kier alpha value is -2.37. The standard InChI is InChI=1S/C20H26N2O4/c1-20(2,3)15-6-4-13(5-7-15)18(24)21-9-8-16(12-21)22-11-14(19(25)26)10-17(22)23/h4-7,14,16H,8-12H2,1-3H3,(H,25,26). The van der Waals surface area contributed by atoms with Crippen molar-refractivity contribution in [3.8, 4) is 0 Å². The zero-order valence-corrected chi connectivity index (χ0v) is 15.6. The van der Waals surface area contributed by atoms with Gasteiger partial charge in [0.2, 0.25) is 5.91 Å². The van der Waals surface area contributed by atoms with Crippen molar-refractivity contribution < 1.29 is 19.5 Å². The van der Waals surface area contributed by atoms with Crippen LogP contribution in [-0.2, 0) is 15.0 Å². The van der Waals surface area contributed by atoms with Crippen LogP contribution in [0, 0.1) is 5.92 Å². The van der Waals surface area contributed by atoms with Gasteiger partial charge in [0, 0.05) is 31.6 Å². The van der Waals surface area contributed by atoms with Gasteiger partial charge in [-0.3, -0.25) is 14.4 Å². The molecule has 0 spiro atoms. The van der Waals surface area contributed by atoms with E-state index in [1.54, 1.807) is 9.80 Å². The van der Waals surface area contributed by atoms with Gasteiger partial charge in [-0.25, -0.2) is 0 Å². The Morgan fingerprint density at radius 3 is 2.31 bits per heavy atom. The third-order valence-electron chi connectivity index (χ3n) is 5.40. The number of aliphatic carboxylic acids is 1. The van der Waals surface area contributed by atoms with Gasteiger partial charge in [0.15, 0.2) is 0 Å². The second-order valence-corrected chi connectivity index (χ2v) is 8.31. The Kier molecular flexibility index (Phi) is 4.78. The third kappa shape index (κ3) is 3.59. The van der Waals surface area contributed by atoms with Gasteiger partial charge in [0.05, 0.1) is 12.0 Å². The van der Waals surface area contributed by atoms with Crippen molar-refractivity contribution in [1.82, 2.24) is 9.80 Å². The van der Waals surface area contributed by atoms with E-state index in [2.05, 4.69) is 20.8 Å². The van der Waals surface area contributed by atoms with Crippen molar-refractivity contribution in [3.63, 3.8) is 0 Å². The summed E-state index contributed by atoms with van der Waals surface area (Å²) in [5.41, 5.74) is 1.86. The van der Waals surface area contributed by atoms with Crippen molar-refractivity contribution in [3.05, 3.63) is 35.4 Å². The summed E-state index contributed by atoms with van der Waals surface area (Å²) in [6, 6.07) is 7.62. The lowest BCUT2D eigenvalue weighted by Crippen LogP contribution is -2.40. The van der Waals surface area contributed by atoms with Gasteiger partial charge >= 0.3 is 5.97 Å². The van der Waals surface area contributed by atoms with E-state index in [0.29, 0.717) is 25.1 Å². The van der Waals surface area contributed by atoms with Crippen molar-refractivity contribution >= 4 is 17.8 Å². The number of carbonyl (C=O) groups excluding carboxylic acids is 2. The molecule has 0 saturated carbocycles. The molecule has 6 nitrogen and oxygen atoms in total. The van der Waals surface area contributed by atoms with E-state index in [-0.39, 0.29) is 36.2 Å². The van der Waals surface area contributed by atoms with Crippen molar-refractivity contribution in [1.29, 1.82) is 0 Å². The molecule has 140 valence electrons. The smallest absolute Gasteiger partial charge is 0.308 e. The largest absolute Gasteiger partial charge is 0.481 e. The third-order valence-corrected chi connectivity index (χ3v) is 5.40. The molecule has 2 atom stereocenters. The molecule has 2 fully saturated rings. The van der Waals surface area contributed by atoms with E-state index in [0.717, 1.165) is 0 Å². The van der Waals surface area contributed by atoms with Gasteiger partial charge in [0.1, 0.15) is 0 Å². The second-order valence-electron chi connectivity index (χ2n) is 8.31. The minimum absolute atomic E-state index is 0.0330. The number of carbonyl (C=O) groups is 3. The van der Waals surface area contributed by atoms with Crippen LogP contribution < -0.4 is 0 Å². The summed E-state index contributed by atoms with van der Waals surface area (Å²) >= 11 is 0. The number of likely N-dealkylation sites (tertiary alicyclic amines) is 2. The quantitative estimate of drug-likeness (QED) is 0.898. The highest BCUT2D eigenvalue weighted by molar-refractivity contribution is 5.94. The lowest BCUT2D eigenvalue weighted by molar-refractivity contribution is -0.141. The van der Waals surface area contributed by atoms with Gasteiger partial charge in [-0.2, -0.15) is 0 Å². The van der Waals surface area contributed by atoms with Crippen LogP contribution in [0.25, 0.3) is 0 Å². The average Bonchev–Trinajstić information content (AvgIpc) is 3.20. The van der Waals surface area contributed by atoms with Crippen LogP contribution in [-0.4, -0.2) is 58.4 Å². The summed E-state index contributed by atoms with van der Waals surface area (Å²) in [6.07, 6.45) is 0.762. The molecule has 3 rings (SSSR count). The highest BCUT2D eigenvalue weighted by Gasteiger charge is 2.41. The summed E-state index contributed by atoms with van der Waals surface area (Å²) in [5.74, 6) is -1.71. The summed E-state index contributed by atoms with van der Waals surface area (Å²) in [6.45, 7) is 7.70. The molecule has 1 N–H and O–H groups in total. The molecule has 0 radical (unpaired) electrons. The highest BCUT2D eigenvalue weighted by atomic mass is 16.4. The molecule has 2 aliphatic heterocycles. The number of carboxylic acid groups (broad SMARTS) is 1. The lowest BCUT2D eigenvalue weighted by Gasteiger charge is -2.24. The van der Waals surface area contributed by atoms with Crippen LogP contribution in [0.15, 0.2) is 24.3 Å². The topological polar surface area (TPSA) is 77.9 Å². The van der Waals surface area contributed by atoms with Crippen LogP contribution in [0.4, 0.5) is 0 Å². The summed E-state index contributed by atoms with van der Waals surface area (Å²) in [7, 11) is 0. The lowest BCUT2D eigenvalue weighted by atomic mass is 9.86. The molecule has 6 heteroatoms. The SMILES string of the molecule is CC(C)(C)c1ccc(C(=O)N2CCC(N3CC(C(=O)O)CC3=O)C2)cc1. The first-order valence-electron chi connectivity index (χ1n) is 9.09. The van der Waals surface area contributed by atoms with Gasteiger partial charge in [0.25, 0.3) is 5.91 Å². The van der Waals surface area contributed by atoms with Gasteiger partial charge in [-0.15, -0.1) is 0 Å². The number of rotatable bonds is 3. The van der Waals surface area contributed by atoms with Crippen LogP contribution in [0.5, 0.6) is 0 Å². The molecule has 0 bridgehead atoms. The van der Waals surface area contributed by atoms with Crippen LogP contribution >= 0.6 is 0 Å². The van der Waals surface area contributed by atoms with E-state index in [1.165, 1.54) is 5.56 Å². The van der Waals surface area contributed by atoms with Gasteiger partial charge in [-0.1, -0.05) is 32.9 Å². The molecular formula is C20H26N2O4. The first-order valence-corrected chi connectivity index (χ1v) is 9.09. The van der Waals surface area contributed by atoms with Crippen molar-refractivity contribution in [2.45, 2.75) is 45.1 Å². The number of hydrogen-bond acceptors (Lipinski definition) is 3. The predicted octanol–water partition coefficient (Wildman–Crippen LogP) is 2.13. The van der Waals surface area contributed by atoms with Crippen LogP contribution in [0.2, 0.25) is 0 Å². The molecule has 0 aliphatic carbocycles. The Morgan fingerprint density at radius 2 is 1.77 bits per heavy atom. The van der Waals surface area contributed by atoms with Gasteiger partial charge < -0.3 is 14.9 Å². The predicted molar refractivity (Wildman–Crippen MR) is 96.9 cm³/mol. The number of hydrogen-bond donors (Lipinski definition) is 1. The zero-order chi connectivity index (χ0) is 19.1. The molecule has 1 aromatic carbocycles. The fraction of sp³-hybridized carbons (Fsp3) is 0.550. The zero-order valence-electron chi connectivity index (χ0n) is 15.6. The molecule has 0 aromatic heterocycles. The molecule has 1 aromatic rings. The highest BCUT2D eigenvalue weighted by Crippen LogP contribution is 2.27. The molecule has 26 heavy (non-hydrogen) atoms. The molecule has 2 unspecified atom stereocenters. The van der Waals surface area contributed by atoms with Crippen molar-refractivity contribution in [2.75, 3.05) is 19.6 Å². The molecule has 2 saturated heterocycles. The maximum Gasteiger partial charge on any atom is 0.308 e. The van der Waals surface area contributed by atoms with Crippen LogP contribution in [0.1, 0.15) is 49.5 Å². The van der Waals surface area contributed by atoms with Crippen LogP contribution in [0.3, 0.4) is 0 Å². The number of carboxylic acids is 1. The molecule has 2 amide bonds. The maximum absolute atomic E-state index is 12.8. The first kappa shape index (κ1) is 18.4. The molecule has 2 aliphatic rings. The maximum atomic E-state index is 12.8. The minimum Gasteiger partial charge on any atom is -0.481 e. The van der Waals surface area contributed by atoms with E-state index in [1.807, 2.05) is 24.3 Å². The number of nitrogens with zero attached hydrogens (tertiary/aromatic N) is 2. The number of benzene rings is 1. The second kappa shape index (κ2) is 6.74. The molecule has 2 heterocycles. The van der Waals surface area contributed by atoms with E-state index < -0.39 is 11.9 Å². The fourth-order valence-corrected chi connectivity index (χ4v) is 3.73. The summed E-state index contributed by atoms with van der Waals surface area (Å²) in [4.78, 5) is 39.4. The average molecular weight is 358 g/mol.